The summed E-state index contributed by atoms with van der Waals surface area (Å²) >= 11 is 0. The third-order valence-electron chi connectivity index (χ3n) is 2.52. The molecular formula is C15H24N4O. The Morgan fingerprint density at radius 2 is 1.75 bits per heavy atom. The molecule has 0 aromatic carbocycles. The number of hydrogen-bond acceptors (Lipinski definition) is 5. The minimum Gasteiger partial charge on any atom is -0.475 e. The van der Waals surface area contributed by atoms with E-state index in [4.69, 9.17) is 4.74 Å². The molecule has 1 N–H and O–H groups in total. The van der Waals surface area contributed by atoms with E-state index in [-0.39, 0.29) is 0 Å². The molecule has 5 nitrogen and oxygen atoms in total. The molecule has 2 aromatic rings. The molecule has 0 fully saturated rings. The van der Waals surface area contributed by atoms with Gasteiger partial charge in [-0.15, -0.1) is 0 Å². The predicted octanol–water partition coefficient (Wildman–Crippen LogP) is 3.50. The third-order valence-corrected chi connectivity index (χ3v) is 2.52. The fraction of sp³-hybridized carbons (Fsp3) is 0.533. The minimum absolute atomic E-state index is 0.598. The van der Waals surface area contributed by atoms with Crippen LogP contribution in [0, 0.1) is 13.8 Å². The average molecular weight is 276 g/mol. The summed E-state index contributed by atoms with van der Waals surface area (Å²) in [6, 6.07) is 1.95. The highest BCUT2D eigenvalue weighted by molar-refractivity contribution is 5.93. The summed E-state index contributed by atoms with van der Waals surface area (Å²) in [5.41, 5.74) is 1.80. The molecule has 0 saturated heterocycles. The van der Waals surface area contributed by atoms with Crippen molar-refractivity contribution in [1.82, 2.24) is 15.0 Å². The molecule has 0 radical (unpaired) electrons. The van der Waals surface area contributed by atoms with E-state index in [0.717, 1.165) is 34.8 Å². The van der Waals surface area contributed by atoms with Crippen LogP contribution in [0.3, 0.4) is 0 Å². The Hall–Kier alpha value is -1.91. The molecule has 0 bridgehead atoms. The van der Waals surface area contributed by atoms with Crippen LogP contribution in [-0.2, 0) is 0 Å². The number of rotatable bonds is 0. The van der Waals surface area contributed by atoms with Crippen molar-refractivity contribution in [1.29, 1.82) is 0 Å². The SMILES string of the molecule is CC.CC.Cc1cc2nc(C)nc3c2c(n1)OCCN3. The van der Waals surface area contributed by atoms with Gasteiger partial charge in [-0.2, -0.15) is 0 Å². The Bertz CT molecular complexity index is 523. The Kier molecular flexibility index (Phi) is 6.15. The standard InChI is InChI=1S/C11H12N4O.2C2H6/c1-6-5-8-9-10(15-7(2)14-8)12-3-4-16-11(9)13-6;2*1-2/h5H,3-4H2,1-2H3,(H,12,14,15);2*1-2H3. The monoisotopic (exact) mass is 276 g/mol. The molecule has 0 amide bonds. The molecule has 0 spiro atoms. The molecule has 5 heteroatoms. The first kappa shape index (κ1) is 16.1. The molecule has 2 aromatic heterocycles. The molecule has 1 aliphatic heterocycles. The van der Waals surface area contributed by atoms with Crippen LogP contribution >= 0.6 is 0 Å². The zero-order valence-electron chi connectivity index (χ0n) is 13.2. The lowest BCUT2D eigenvalue weighted by molar-refractivity contribution is 0.326. The van der Waals surface area contributed by atoms with Crippen molar-refractivity contribution in [3.8, 4) is 5.88 Å². The fourth-order valence-electron chi connectivity index (χ4n) is 1.91. The van der Waals surface area contributed by atoms with E-state index in [9.17, 15) is 0 Å². The maximum absolute atomic E-state index is 5.59. The van der Waals surface area contributed by atoms with Gasteiger partial charge in [0.2, 0.25) is 5.88 Å². The van der Waals surface area contributed by atoms with Gasteiger partial charge in [-0.05, 0) is 19.9 Å². The van der Waals surface area contributed by atoms with Crippen LogP contribution in [-0.4, -0.2) is 28.1 Å². The quantitative estimate of drug-likeness (QED) is 0.798. The second kappa shape index (κ2) is 7.62. The molecule has 0 aliphatic carbocycles. The van der Waals surface area contributed by atoms with Crippen LogP contribution < -0.4 is 10.1 Å². The Morgan fingerprint density at radius 1 is 1.05 bits per heavy atom. The van der Waals surface area contributed by atoms with Gasteiger partial charge in [0.25, 0.3) is 0 Å². The van der Waals surface area contributed by atoms with Crippen LogP contribution in [0.2, 0.25) is 0 Å². The number of aryl methyl sites for hydroxylation is 2. The van der Waals surface area contributed by atoms with Crippen LogP contribution in [0.4, 0.5) is 5.82 Å². The summed E-state index contributed by atoms with van der Waals surface area (Å²) in [6.07, 6.45) is 0. The Balaban J connectivity index is 0.000000461. The number of nitrogens with one attached hydrogen (secondary N) is 1. The van der Waals surface area contributed by atoms with E-state index < -0.39 is 0 Å². The summed E-state index contributed by atoms with van der Waals surface area (Å²) in [7, 11) is 0. The second-order valence-corrected chi connectivity index (χ2v) is 3.86. The van der Waals surface area contributed by atoms with Gasteiger partial charge in [0.05, 0.1) is 12.1 Å². The normalized spacial score (nSPS) is 11.9. The lowest BCUT2D eigenvalue weighted by Gasteiger charge is -2.07. The first-order valence-corrected chi connectivity index (χ1v) is 7.27. The summed E-state index contributed by atoms with van der Waals surface area (Å²) < 4.78 is 5.59. The van der Waals surface area contributed by atoms with Gasteiger partial charge in [0, 0.05) is 5.69 Å². The summed E-state index contributed by atoms with van der Waals surface area (Å²) in [5, 5.41) is 4.12. The minimum atomic E-state index is 0.598. The lowest BCUT2D eigenvalue weighted by atomic mass is 10.2. The smallest absolute Gasteiger partial charge is 0.227 e. The highest BCUT2D eigenvalue weighted by Crippen LogP contribution is 2.30. The van der Waals surface area contributed by atoms with Gasteiger partial charge in [-0.1, -0.05) is 27.7 Å². The Morgan fingerprint density at radius 3 is 2.45 bits per heavy atom. The van der Waals surface area contributed by atoms with Crippen molar-refractivity contribution in [2.45, 2.75) is 41.5 Å². The molecule has 0 atom stereocenters. The van der Waals surface area contributed by atoms with Gasteiger partial charge < -0.3 is 10.1 Å². The molecule has 3 heterocycles. The van der Waals surface area contributed by atoms with Crippen molar-refractivity contribution < 1.29 is 4.74 Å². The summed E-state index contributed by atoms with van der Waals surface area (Å²) in [5.74, 6) is 2.21. The van der Waals surface area contributed by atoms with E-state index in [1.807, 2.05) is 47.6 Å². The molecule has 0 saturated carbocycles. The maximum atomic E-state index is 5.59. The predicted molar refractivity (Wildman–Crippen MR) is 83.5 cm³/mol. The molecule has 110 valence electrons. The second-order valence-electron chi connectivity index (χ2n) is 3.86. The zero-order valence-corrected chi connectivity index (χ0v) is 13.2. The van der Waals surface area contributed by atoms with E-state index in [1.54, 1.807) is 0 Å². The van der Waals surface area contributed by atoms with Gasteiger partial charge >= 0.3 is 0 Å². The topological polar surface area (TPSA) is 59.9 Å². The zero-order chi connectivity index (χ0) is 15.1. The Labute approximate surface area is 120 Å². The van der Waals surface area contributed by atoms with Crippen molar-refractivity contribution in [2.24, 2.45) is 0 Å². The van der Waals surface area contributed by atoms with Gasteiger partial charge in [0.1, 0.15) is 23.6 Å². The lowest BCUT2D eigenvalue weighted by Crippen LogP contribution is -2.09. The van der Waals surface area contributed by atoms with E-state index in [0.29, 0.717) is 12.5 Å². The largest absolute Gasteiger partial charge is 0.475 e. The van der Waals surface area contributed by atoms with Crippen LogP contribution in [0.5, 0.6) is 5.88 Å². The highest BCUT2D eigenvalue weighted by Gasteiger charge is 2.16. The fourth-order valence-corrected chi connectivity index (χ4v) is 1.91. The van der Waals surface area contributed by atoms with E-state index >= 15 is 0 Å². The number of anilines is 1. The first-order valence-electron chi connectivity index (χ1n) is 7.27. The average Bonchev–Trinajstić information content (AvgIpc) is 2.66. The number of nitrogens with zero attached hydrogens (tertiary/aromatic N) is 3. The van der Waals surface area contributed by atoms with Crippen LogP contribution in [0.25, 0.3) is 10.9 Å². The van der Waals surface area contributed by atoms with Crippen molar-refractivity contribution in [2.75, 3.05) is 18.5 Å². The van der Waals surface area contributed by atoms with Crippen LogP contribution in [0.15, 0.2) is 6.07 Å². The maximum Gasteiger partial charge on any atom is 0.227 e. The van der Waals surface area contributed by atoms with E-state index in [2.05, 4.69) is 20.3 Å². The van der Waals surface area contributed by atoms with Gasteiger partial charge in [-0.25, -0.2) is 15.0 Å². The number of aromatic nitrogens is 3. The highest BCUT2D eigenvalue weighted by atomic mass is 16.5. The molecule has 0 unspecified atom stereocenters. The number of hydrogen-bond donors (Lipinski definition) is 1. The number of ether oxygens (including phenoxy) is 1. The van der Waals surface area contributed by atoms with Crippen molar-refractivity contribution in [3.05, 3.63) is 17.6 Å². The molecule has 20 heavy (non-hydrogen) atoms. The summed E-state index contributed by atoms with van der Waals surface area (Å²) in [6.45, 7) is 13.2. The van der Waals surface area contributed by atoms with Gasteiger partial charge in [0.15, 0.2) is 0 Å². The van der Waals surface area contributed by atoms with Crippen LogP contribution in [0.1, 0.15) is 39.2 Å². The molecular weight excluding hydrogens is 252 g/mol. The third kappa shape index (κ3) is 3.35. The summed E-state index contributed by atoms with van der Waals surface area (Å²) in [4.78, 5) is 13.2. The van der Waals surface area contributed by atoms with E-state index in [1.165, 1.54) is 0 Å². The molecule has 1 aliphatic rings. The van der Waals surface area contributed by atoms with Crippen molar-refractivity contribution >= 4 is 16.7 Å². The van der Waals surface area contributed by atoms with Gasteiger partial charge in [-0.3, -0.25) is 0 Å². The van der Waals surface area contributed by atoms with Crippen molar-refractivity contribution in [3.63, 3.8) is 0 Å². The first-order chi connectivity index (χ1) is 9.74. The molecule has 3 rings (SSSR count). The number of pyridine rings is 1.